The van der Waals surface area contributed by atoms with E-state index in [4.69, 9.17) is 0 Å². The zero-order valence-corrected chi connectivity index (χ0v) is 12.2. The number of carbonyl (C=O) groups excluding carboxylic acids is 1. The topological polar surface area (TPSA) is 17.1 Å². The summed E-state index contributed by atoms with van der Waals surface area (Å²) in [6.07, 6.45) is 0. The molecule has 0 atom stereocenters. The SMILES string of the molecule is O=C(c1ccccc1)c1ccc([Te](F)(F)(F)(F)F)cc1. The van der Waals surface area contributed by atoms with Crippen LogP contribution in [0.4, 0.5) is 14.5 Å². The quantitative estimate of drug-likeness (QED) is 0.433. The second kappa shape index (κ2) is 4.03. The summed E-state index contributed by atoms with van der Waals surface area (Å²) < 4.78 is 61.0. The first-order valence-electron chi connectivity index (χ1n) is 5.41. The van der Waals surface area contributed by atoms with Crippen molar-refractivity contribution in [3.8, 4) is 0 Å². The van der Waals surface area contributed by atoms with E-state index in [1.165, 1.54) is 12.1 Å². The zero-order valence-electron chi connectivity index (χ0n) is 9.90. The predicted molar refractivity (Wildman–Crippen MR) is 67.2 cm³/mol. The normalized spacial score (nSPS) is 15.2. The first kappa shape index (κ1) is 14.9. The number of carbonyl (C=O) groups is 1. The summed E-state index contributed by atoms with van der Waals surface area (Å²) in [7, 11) is 0. The number of hydrogen-bond acceptors (Lipinski definition) is 1. The molecule has 0 fully saturated rings. The first-order valence-corrected chi connectivity index (χ1v) is 11.0. The van der Waals surface area contributed by atoms with Gasteiger partial charge in [-0.3, -0.25) is 0 Å². The third-order valence-corrected chi connectivity index (χ3v) is 5.92. The van der Waals surface area contributed by atoms with Crippen LogP contribution in [0.25, 0.3) is 0 Å². The molecule has 0 aromatic heterocycles. The minimum absolute atomic E-state index is 0.0703. The first-order chi connectivity index (χ1) is 8.97. The molecule has 0 N–H and O–H groups in total. The average Bonchev–Trinajstić information content (AvgIpc) is 2.36. The van der Waals surface area contributed by atoms with Crippen molar-refractivity contribution in [3.05, 3.63) is 65.7 Å². The van der Waals surface area contributed by atoms with Crippen LogP contribution in [0, 0.1) is 0 Å². The molecule has 7 heteroatoms. The van der Waals surface area contributed by atoms with Gasteiger partial charge in [-0.15, -0.1) is 0 Å². The molecule has 20 heavy (non-hydrogen) atoms. The summed E-state index contributed by atoms with van der Waals surface area (Å²) in [6, 6.07) is 9.93. The Bertz CT molecular complexity index is 647. The molecule has 0 saturated heterocycles. The van der Waals surface area contributed by atoms with Crippen LogP contribution >= 0.6 is 0 Å². The van der Waals surface area contributed by atoms with E-state index >= 15 is 0 Å². The molecule has 108 valence electrons. The Hall–Kier alpha value is -1.45. The minimum atomic E-state index is -10.5. The summed E-state index contributed by atoms with van der Waals surface area (Å²) in [6.45, 7) is 0. The van der Waals surface area contributed by atoms with E-state index in [0.717, 1.165) is 12.1 Å². The van der Waals surface area contributed by atoms with Crippen LogP contribution in [-0.4, -0.2) is 24.1 Å². The monoisotopic (exact) mass is 406 g/mol. The van der Waals surface area contributed by atoms with Gasteiger partial charge in [-0.1, -0.05) is 0 Å². The Kier molecular flexibility index (Phi) is 3.01. The Morgan fingerprint density at radius 1 is 0.700 bits per heavy atom. The Balaban J connectivity index is 2.38. The standard InChI is InChI=1S/C13H9F5OTe/c14-20(15,16,17,18)12-8-6-11(7-9-12)13(19)10-4-2-1-3-5-10/h1-9H. The van der Waals surface area contributed by atoms with Crippen molar-refractivity contribution >= 4 is 27.7 Å². The van der Waals surface area contributed by atoms with E-state index in [1.54, 1.807) is 18.2 Å². The number of halogens is 5. The molecule has 0 spiro atoms. The molecule has 1 nitrogen and oxygen atoms in total. The molecule has 2 aromatic carbocycles. The van der Waals surface area contributed by atoms with Gasteiger partial charge < -0.3 is 0 Å². The molecule has 2 aromatic rings. The van der Waals surface area contributed by atoms with Crippen molar-refractivity contribution in [3.63, 3.8) is 0 Å². The summed E-state index contributed by atoms with van der Waals surface area (Å²) >= 11 is -10.5. The van der Waals surface area contributed by atoms with Gasteiger partial charge in [-0.05, 0) is 0 Å². The van der Waals surface area contributed by atoms with Gasteiger partial charge in [0.1, 0.15) is 0 Å². The van der Waals surface area contributed by atoms with E-state index in [1.807, 2.05) is 0 Å². The number of ketones is 1. The summed E-state index contributed by atoms with van der Waals surface area (Å²) in [5, 5.41) is 0. The molecule has 2 rings (SSSR count). The van der Waals surface area contributed by atoms with Crippen LogP contribution in [0.3, 0.4) is 0 Å². The van der Waals surface area contributed by atoms with E-state index in [9.17, 15) is 19.3 Å². The number of benzene rings is 2. The van der Waals surface area contributed by atoms with E-state index in [2.05, 4.69) is 0 Å². The van der Waals surface area contributed by atoms with Crippen LogP contribution in [0.1, 0.15) is 15.9 Å². The van der Waals surface area contributed by atoms with Crippen molar-refractivity contribution in [1.29, 1.82) is 0 Å². The third kappa shape index (κ3) is 3.35. The van der Waals surface area contributed by atoms with Crippen LogP contribution in [0.15, 0.2) is 54.6 Å². The fraction of sp³-hybridized carbons (Fsp3) is 0. The van der Waals surface area contributed by atoms with E-state index in [0.29, 0.717) is 0 Å². The fourth-order valence-electron chi connectivity index (χ4n) is 1.62. The van der Waals surface area contributed by atoms with E-state index in [-0.39, 0.29) is 23.3 Å². The maximum absolute atomic E-state index is 12.6. The van der Waals surface area contributed by atoms with Crippen molar-refractivity contribution in [2.24, 2.45) is 0 Å². The average molecular weight is 404 g/mol. The van der Waals surface area contributed by atoms with Gasteiger partial charge in [0.25, 0.3) is 0 Å². The molecule has 0 aliphatic carbocycles. The van der Waals surface area contributed by atoms with Crippen molar-refractivity contribution in [2.45, 2.75) is 0 Å². The summed E-state index contributed by atoms with van der Waals surface area (Å²) in [5.74, 6) is -0.521. The molecule has 0 aliphatic rings. The molecule has 0 amide bonds. The van der Waals surface area contributed by atoms with Crippen LogP contribution in [0.2, 0.25) is 0 Å². The predicted octanol–water partition coefficient (Wildman–Crippen LogP) is 3.81. The summed E-state index contributed by atoms with van der Waals surface area (Å²) in [4.78, 5) is 11.9. The van der Waals surface area contributed by atoms with Crippen molar-refractivity contribution < 1.29 is 19.3 Å². The van der Waals surface area contributed by atoms with Crippen LogP contribution in [-0.2, 0) is 0 Å². The molecule has 0 heterocycles. The van der Waals surface area contributed by atoms with Crippen molar-refractivity contribution in [1.82, 2.24) is 0 Å². The Morgan fingerprint density at radius 2 is 1.15 bits per heavy atom. The van der Waals surface area contributed by atoms with Gasteiger partial charge in [0.05, 0.1) is 0 Å². The maximum atomic E-state index is 12.6. The molecular weight excluding hydrogens is 395 g/mol. The third-order valence-electron chi connectivity index (χ3n) is 2.60. The number of rotatable bonds is 3. The zero-order chi connectivity index (χ0) is 15.1. The van der Waals surface area contributed by atoms with E-state index < -0.39 is 27.7 Å². The summed E-state index contributed by atoms with van der Waals surface area (Å²) in [5.41, 5.74) is 0.206. The van der Waals surface area contributed by atoms with Crippen molar-refractivity contribution in [2.75, 3.05) is 0 Å². The molecular formula is C13H9F5OTe. The van der Waals surface area contributed by atoms with Gasteiger partial charge in [-0.2, -0.15) is 0 Å². The molecule has 0 bridgehead atoms. The van der Waals surface area contributed by atoms with Gasteiger partial charge in [0.2, 0.25) is 0 Å². The number of hydrogen-bond donors (Lipinski definition) is 0. The Morgan fingerprint density at radius 3 is 1.60 bits per heavy atom. The molecule has 0 unspecified atom stereocenters. The second-order valence-corrected chi connectivity index (χ2v) is 11.1. The molecule has 0 aliphatic heterocycles. The van der Waals surface area contributed by atoms with Gasteiger partial charge in [0, 0.05) is 0 Å². The van der Waals surface area contributed by atoms with Gasteiger partial charge in [-0.25, -0.2) is 0 Å². The molecule has 0 saturated carbocycles. The van der Waals surface area contributed by atoms with Crippen LogP contribution in [0.5, 0.6) is 0 Å². The van der Waals surface area contributed by atoms with Crippen LogP contribution < -0.4 is 3.61 Å². The fourth-order valence-corrected chi connectivity index (χ4v) is 3.48. The Labute approximate surface area is 113 Å². The molecule has 0 radical (unpaired) electrons. The van der Waals surface area contributed by atoms with Gasteiger partial charge >= 0.3 is 113 Å². The van der Waals surface area contributed by atoms with Gasteiger partial charge in [0.15, 0.2) is 0 Å². The second-order valence-electron chi connectivity index (χ2n) is 4.19.